The van der Waals surface area contributed by atoms with Crippen molar-refractivity contribution < 1.29 is 0 Å². The predicted molar refractivity (Wildman–Crippen MR) is 71.0 cm³/mol. The van der Waals surface area contributed by atoms with Crippen LogP contribution in [0.15, 0.2) is 12.4 Å². The third-order valence-electron chi connectivity index (χ3n) is 4.20. The Morgan fingerprint density at radius 2 is 2.24 bits per heavy atom. The summed E-state index contributed by atoms with van der Waals surface area (Å²) in [6, 6.07) is 0. The van der Waals surface area contributed by atoms with E-state index in [1.807, 2.05) is 10.9 Å². The zero-order valence-electron chi connectivity index (χ0n) is 11.6. The van der Waals surface area contributed by atoms with Crippen LogP contribution in [0.5, 0.6) is 0 Å². The molecule has 0 amide bonds. The fourth-order valence-corrected chi connectivity index (χ4v) is 2.88. The van der Waals surface area contributed by atoms with E-state index in [1.165, 1.54) is 18.4 Å². The molecule has 0 aliphatic carbocycles. The minimum Gasteiger partial charge on any atom is -0.310 e. The van der Waals surface area contributed by atoms with Crippen molar-refractivity contribution in [1.82, 2.24) is 15.1 Å². The topological polar surface area (TPSA) is 29.9 Å². The summed E-state index contributed by atoms with van der Waals surface area (Å²) in [5.74, 6) is 0. The molecule has 17 heavy (non-hydrogen) atoms. The van der Waals surface area contributed by atoms with Crippen LogP contribution in [-0.4, -0.2) is 21.9 Å². The summed E-state index contributed by atoms with van der Waals surface area (Å²) >= 11 is 0. The lowest BCUT2D eigenvalue weighted by Crippen LogP contribution is -2.52. The van der Waals surface area contributed by atoms with Gasteiger partial charge in [0.15, 0.2) is 0 Å². The van der Waals surface area contributed by atoms with Crippen LogP contribution in [0.3, 0.4) is 0 Å². The standard InChI is InChI=1S/C14H25N3/c1-5-17-11-12(10-16-17)9-14(13(2,3)4)7-6-8-15-14/h10-11,15H,5-9H2,1-4H3. The first kappa shape index (κ1) is 12.6. The highest BCUT2D eigenvalue weighted by Crippen LogP contribution is 2.39. The van der Waals surface area contributed by atoms with Crippen LogP contribution in [-0.2, 0) is 13.0 Å². The van der Waals surface area contributed by atoms with Crippen molar-refractivity contribution in [3.05, 3.63) is 18.0 Å². The van der Waals surface area contributed by atoms with E-state index in [4.69, 9.17) is 0 Å². The van der Waals surface area contributed by atoms with Crippen LogP contribution in [0.1, 0.15) is 46.1 Å². The zero-order chi connectivity index (χ0) is 12.5. The van der Waals surface area contributed by atoms with E-state index in [-0.39, 0.29) is 11.0 Å². The Kier molecular flexibility index (Phi) is 3.30. The van der Waals surface area contributed by atoms with Crippen molar-refractivity contribution in [1.29, 1.82) is 0 Å². The molecule has 1 aliphatic rings. The van der Waals surface area contributed by atoms with Crippen molar-refractivity contribution in [3.63, 3.8) is 0 Å². The number of hydrogen-bond donors (Lipinski definition) is 1. The van der Waals surface area contributed by atoms with Crippen LogP contribution in [0.2, 0.25) is 0 Å². The van der Waals surface area contributed by atoms with E-state index in [1.54, 1.807) is 0 Å². The Morgan fingerprint density at radius 1 is 1.47 bits per heavy atom. The van der Waals surface area contributed by atoms with Gasteiger partial charge in [-0.25, -0.2) is 0 Å². The largest absolute Gasteiger partial charge is 0.310 e. The summed E-state index contributed by atoms with van der Waals surface area (Å²) < 4.78 is 2.01. The van der Waals surface area contributed by atoms with E-state index >= 15 is 0 Å². The van der Waals surface area contributed by atoms with E-state index in [9.17, 15) is 0 Å². The van der Waals surface area contributed by atoms with Gasteiger partial charge in [-0.15, -0.1) is 0 Å². The summed E-state index contributed by atoms with van der Waals surface area (Å²) in [5.41, 5.74) is 1.89. The highest BCUT2D eigenvalue weighted by atomic mass is 15.3. The first-order chi connectivity index (χ1) is 7.97. The summed E-state index contributed by atoms with van der Waals surface area (Å²) in [5, 5.41) is 8.13. The number of nitrogens with one attached hydrogen (secondary N) is 1. The number of hydrogen-bond acceptors (Lipinski definition) is 2. The molecule has 1 unspecified atom stereocenters. The minimum absolute atomic E-state index is 0.245. The molecule has 1 aliphatic heterocycles. The highest BCUT2D eigenvalue weighted by Gasteiger charge is 2.43. The maximum atomic E-state index is 4.38. The van der Waals surface area contributed by atoms with E-state index < -0.39 is 0 Å². The lowest BCUT2D eigenvalue weighted by molar-refractivity contribution is 0.159. The average molecular weight is 235 g/mol. The second-order valence-electron chi connectivity index (χ2n) is 6.24. The molecule has 1 saturated heterocycles. The quantitative estimate of drug-likeness (QED) is 0.873. The van der Waals surface area contributed by atoms with Gasteiger partial charge in [0.05, 0.1) is 6.20 Å². The molecule has 0 saturated carbocycles. The summed E-state index contributed by atoms with van der Waals surface area (Å²) in [6.45, 7) is 11.3. The first-order valence-corrected chi connectivity index (χ1v) is 6.73. The number of aromatic nitrogens is 2. The van der Waals surface area contributed by atoms with Crippen molar-refractivity contribution in [2.75, 3.05) is 6.54 Å². The number of rotatable bonds is 3. The monoisotopic (exact) mass is 235 g/mol. The van der Waals surface area contributed by atoms with Gasteiger partial charge in [0.25, 0.3) is 0 Å². The Morgan fingerprint density at radius 3 is 2.71 bits per heavy atom. The number of nitrogens with zero attached hydrogens (tertiary/aromatic N) is 2. The molecule has 1 N–H and O–H groups in total. The first-order valence-electron chi connectivity index (χ1n) is 6.73. The molecular formula is C14H25N3. The maximum absolute atomic E-state index is 4.38. The van der Waals surface area contributed by atoms with Gasteiger partial charge in [-0.05, 0) is 43.7 Å². The van der Waals surface area contributed by atoms with E-state index in [2.05, 4.69) is 44.3 Å². The Balaban J connectivity index is 2.18. The van der Waals surface area contributed by atoms with Gasteiger partial charge in [-0.3, -0.25) is 4.68 Å². The van der Waals surface area contributed by atoms with Crippen molar-refractivity contribution in [3.8, 4) is 0 Å². The summed E-state index contributed by atoms with van der Waals surface area (Å²) in [4.78, 5) is 0. The van der Waals surface area contributed by atoms with Crippen molar-refractivity contribution >= 4 is 0 Å². The SMILES string of the molecule is CCn1cc(CC2(C(C)(C)C)CCCN2)cn1. The van der Waals surface area contributed by atoms with Crippen molar-refractivity contribution in [2.24, 2.45) is 5.41 Å². The van der Waals surface area contributed by atoms with Crippen LogP contribution < -0.4 is 5.32 Å². The fourth-order valence-electron chi connectivity index (χ4n) is 2.88. The molecule has 1 aromatic heterocycles. The van der Waals surface area contributed by atoms with Gasteiger partial charge in [-0.1, -0.05) is 20.8 Å². The minimum atomic E-state index is 0.245. The third kappa shape index (κ3) is 2.39. The molecule has 0 radical (unpaired) electrons. The summed E-state index contributed by atoms with van der Waals surface area (Å²) in [7, 11) is 0. The highest BCUT2D eigenvalue weighted by molar-refractivity contribution is 5.15. The predicted octanol–water partition coefficient (Wildman–Crippen LogP) is 2.61. The average Bonchev–Trinajstić information content (AvgIpc) is 2.86. The molecule has 1 atom stereocenters. The maximum Gasteiger partial charge on any atom is 0.0522 e. The molecule has 3 heteroatoms. The second kappa shape index (κ2) is 4.45. The van der Waals surface area contributed by atoms with Crippen LogP contribution in [0.4, 0.5) is 0 Å². The van der Waals surface area contributed by atoms with Gasteiger partial charge in [0, 0.05) is 18.3 Å². The van der Waals surface area contributed by atoms with Gasteiger partial charge < -0.3 is 5.32 Å². The second-order valence-corrected chi connectivity index (χ2v) is 6.24. The summed E-state index contributed by atoms with van der Waals surface area (Å²) in [6.07, 6.45) is 7.87. The molecular weight excluding hydrogens is 210 g/mol. The fraction of sp³-hybridized carbons (Fsp3) is 0.786. The molecule has 1 fully saturated rings. The van der Waals surface area contributed by atoms with Gasteiger partial charge in [0.1, 0.15) is 0 Å². The van der Waals surface area contributed by atoms with Gasteiger partial charge in [-0.2, -0.15) is 5.10 Å². The molecule has 0 bridgehead atoms. The number of aryl methyl sites for hydroxylation is 1. The lowest BCUT2D eigenvalue weighted by Gasteiger charge is -2.42. The smallest absolute Gasteiger partial charge is 0.0522 e. The Labute approximate surface area is 105 Å². The molecule has 0 aromatic carbocycles. The zero-order valence-corrected chi connectivity index (χ0v) is 11.6. The van der Waals surface area contributed by atoms with E-state index in [0.717, 1.165) is 19.5 Å². The molecule has 2 heterocycles. The Hall–Kier alpha value is -0.830. The van der Waals surface area contributed by atoms with Crippen LogP contribution >= 0.6 is 0 Å². The molecule has 0 spiro atoms. The molecule has 96 valence electrons. The third-order valence-corrected chi connectivity index (χ3v) is 4.20. The van der Waals surface area contributed by atoms with Crippen LogP contribution in [0, 0.1) is 5.41 Å². The normalized spacial score (nSPS) is 25.4. The molecule has 3 nitrogen and oxygen atoms in total. The van der Waals surface area contributed by atoms with E-state index in [0.29, 0.717) is 0 Å². The van der Waals surface area contributed by atoms with Gasteiger partial charge >= 0.3 is 0 Å². The molecule has 2 rings (SSSR count). The Bertz CT molecular complexity index is 367. The molecule has 1 aromatic rings. The van der Waals surface area contributed by atoms with Gasteiger partial charge in [0.2, 0.25) is 0 Å². The lowest BCUT2D eigenvalue weighted by atomic mass is 9.69. The van der Waals surface area contributed by atoms with Crippen molar-refractivity contribution in [2.45, 2.75) is 59.0 Å². The van der Waals surface area contributed by atoms with Crippen LogP contribution in [0.25, 0.3) is 0 Å².